The zero-order chi connectivity index (χ0) is 21.3. The lowest BCUT2D eigenvalue weighted by atomic mass is 9.91. The number of pyridine rings is 2. The Morgan fingerprint density at radius 2 is 2.03 bits per heavy atom. The van der Waals surface area contributed by atoms with Crippen LogP contribution in [-0.4, -0.2) is 33.8 Å². The third kappa shape index (κ3) is 3.58. The van der Waals surface area contributed by atoms with Crippen molar-refractivity contribution in [1.29, 1.82) is 5.41 Å². The first-order chi connectivity index (χ1) is 14.4. The van der Waals surface area contributed by atoms with Crippen LogP contribution in [0.25, 0.3) is 21.6 Å². The lowest BCUT2D eigenvalue weighted by Gasteiger charge is -2.38. The van der Waals surface area contributed by atoms with Gasteiger partial charge in [-0.1, -0.05) is 12.0 Å². The Morgan fingerprint density at radius 3 is 2.73 bits per heavy atom. The fourth-order valence-corrected chi connectivity index (χ4v) is 4.74. The predicted molar refractivity (Wildman–Crippen MR) is 119 cm³/mol. The highest BCUT2D eigenvalue weighted by molar-refractivity contribution is 7.16. The van der Waals surface area contributed by atoms with Crippen LogP contribution in [0.15, 0.2) is 49.1 Å². The van der Waals surface area contributed by atoms with E-state index in [1.807, 2.05) is 37.5 Å². The summed E-state index contributed by atoms with van der Waals surface area (Å²) in [7, 11) is 1.62. The normalized spacial score (nSPS) is 18.6. The molecule has 1 aliphatic heterocycles. The van der Waals surface area contributed by atoms with E-state index in [-0.39, 0.29) is 18.3 Å². The average molecular weight is 416 g/mol. The SMILES string of the molecule is CC#Cc1cncc(-c2sc([C@]3(C)CC(=O)N(C)C(=N)N3)cc2-c2cccnc2)c1. The molecule has 150 valence electrons. The largest absolute Gasteiger partial charge is 0.345 e. The quantitative estimate of drug-likeness (QED) is 0.637. The van der Waals surface area contributed by atoms with Gasteiger partial charge in [-0.05, 0) is 32.0 Å². The maximum atomic E-state index is 12.5. The summed E-state index contributed by atoms with van der Waals surface area (Å²) >= 11 is 1.60. The summed E-state index contributed by atoms with van der Waals surface area (Å²) in [6.07, 6.45) is 7.43. The molecule has 4 heterocycles. The van der Waals surface area contributed by atoms with Crippen molar-refractivity contribution in [2.45, 2.75) is 25.8 Å². The number of nitrogens with zero attached hydrogens (tertiary/aromatic N) is 3. The highest BCUT2D eigenvalue weighted by Crippen LogP contribution is 2.44. The van der Waals surface area contributed by atoms with E-state index >= 15 is 0 Å². The zero-order valence-corrected chi connectivity index (χ0v) is 17.8. The number of thiophene rings is 1. The number of amides is 1. The second-order valence-electron chi connectivity index (χ2n) is 7.37. The Kier molecular flexibility index (Phi) is 5.10. The molecule has 0 aromatic carbocycles. The summed E-state index contributed by atoms with van der Waals surface area (Å²) in [5.41, 5.74) is 3.16. The number of guanidine groups is 1. The molecule has 2 N–H and O–H groups in total. The van der Waals surface area contributed by atoms with Crippen LogP contribution in [0.1, 0.15) is 30.7 Å². The van der Waals surface area contributed by atoms with Crippen molar-refractivity contribution >= 4 is 23.2 Å². The molecule has 3 aromatic rings. The summed E-state index contributed by atoms with van der Waals surface area (Å²) in [4.78, 5) is 24.5. The number of hydrogen-bond acceptors (Lipinski definition) is 5. The highest BCUT2D eigenvalue weighted by atomic mass is 32.1. The van der Waals surface area contributed by atoms with Gasteiger partial charge in [0.2, 0.25) is 5.91 Å². The molecule has 6 nitrogen and oxygen atoms in total. The van der Waals surface area contributed by atoms with E-state index in [2.05, 4.69) is 33.2 Å². The lowest BCUT2D eigenvalue weighted by molar-refractivity contribution is -0.129. The smallest absolute Gasteiger partial charge is 0.231 e. The van der Waals surface area contributed by atoms with Gasteiger partial charge in [0.1, 0.15) is 0 Å². The van der Waals surface area contributed by atoms with E-state index in [0.29, 0.717) is 0 Å². The molecule has 7 heteroatoms. The number of aromatic nitrogens is 2. The molecule has 0 spiro atoms. The number of nitrogens with one attached hydrogen (secondary N) is 2. The summed E-state index contributed by atoms with van der Waals surface area (Å²) in [6.45, 7) is 3.77. The average Bonchev–Trinajstić information content (AvgIpc) is 3.20. The van der Waals surface area contributed by atoms with Crippen molar-refractivity contribution in [2.24, 2.45) is 0 Å². The van der Waals surface area contributed by atoms with Gasteiger partial charge >= 0.3 is 0 Å². The maximum Gasteiger partial charge on any atom is 0.231 e. The zero-order valence-electron chi connectivity index (χ0n) is 17.0. The van der Waals surface area contributed by atoms with E-state index in [4.69, 9.17) is 5.41 Å². The van der Waals surface area contributed by atoms with Crippen molar-refractivity contribution < 1.29 is 4.79 Å². The van der Waals surface area contributed by atoms with Gasteiger partial charge in [-0.2, -0.15) is 0 Å². The first-order valence-electron chi connectivity index (χ1n) is 9.47. The van der Waals surface area contributed by atoms with Crippen LogP contribution in [0.2, 0.25) is 0 Å². The second kappa shape index (κ2) is 7.73. The molecule has 0 aliphatic carbocycles. The monoisotopic (exact) mass is 415 g/mol. The van der Waals surface area contributed by atoms with Crippen LogP contribution >= 0.6 is 11.3 Å². The first-order valence-corrected chi connectivity index (χ1v) is 10.3. The molecule has 4 rings (SSSR count). The van der Waals surface area contributed by atoms with Crippen LogP contribution in [0.4, 0.5) is 0 Å². The molecular weight excluding hydrogens is 394 g/mol. The van der Waals surface area contributed by atoms with Gasteiger partial charge in [0.25, 0.3) is 0 Å². The van der Waals surface area contributed by atoms with E-state index in [1.54, 1.807) is 37.7 Å². The standard InChI is InChI=1S/C23H21N5OS/c1-4-6-15-9-17(14-26-12-15)21-18(16-7-5-8-25-13-16)10-19(30-21)23(2)11-20(29)28(3)22(24)27-23/h5,7-10,12-14H,11H2,1-3H3,(H2,24,27)/t23-/m0/s1. The minimum absolute atomic E-state index is 0.0824. The molecular formula is C23H21N5OS. The fraction of sp³-hybridized carbons (Fsp3) is 0.217. The van der Waals surface area contributed by atoms with Gasteiger partial charge in [-0.3, -0.25) is 25.1 Å². The van der Waals surface area contributed by atoms with Gasteiger partial charge in [-0.25, -0.2) is 0 Å². The number of rotatable bonds is 3. The van der Waals surface area contributed by atoms with Gasteiger partial charge < -0.3 is 5.32 Å². The van der Waals surface area contributed by atoms with E-state index in [0.717, 1.165) is 32.0 Å². The van der Waals surface area contributed by atoms with E-state index in [9.17, 15) is 4.79 Å². The summed E-state index contributed by atoms with van der Waals surface area (Å²) < 4.78 is 0. The van der Waals surface area contributed by atoms with Crippen molar-refractivity contribution in [2.75, 3.05) is 7.05 Å². The van der Waals surface area contributed by atoms with Crippen LogP contribution < -0.4 is 5.32 Å². The van der Waals surface area contributed by atoms with E-state index in [1.165, 1.54) is 4.90 Å². The molecule has 0 radical (unpaired) electrons. The Labute approximate surface area is 179 Å². The Hall–Kier alpha value is -3.50. The molecule has 1 saturated heterocycles. The van der Waals surface area contributed by atoms with Gasteiger partial charge in [0.05, 0.1) is 12.0 Å². The molecule has 30 heavy (non-hydrogen) atoms. The molecule has 1 atom stereocenters. The first kappa shape index (κ1) is 19.8. The Balaban J connectivity index is 1.87. The Morgan fingerprint density at radius 1 is 1.23 bits per heavy atom. The molecule has 1 fully saturated rings. The van der Waals surface area contributed by atoms with E-state index < -0.39 is 5.54 Å². The van der Waals surface area contributed by atoms with Crippen molar-refractivity contribution in [3.8, 4) is 33.4 Å². The van der Waals surface area contributed by atoms with Crippen molar-refractivity contribution in [3.63, 3.8) is 0 Å². The molecule has 0 bridgehead atoms. The van der Waals surface area contributed by atoms with Gasteiger partial charge in [0.15, 0.2) is 5.96 Å². The minimum atomic E-state index is -0.658. The van der Waals surface area contributed by atoms with Crippen LogP contribution in [-0.2, 0) is 10.3 Å². The van der Waals surface area contributed by atoms with Crippen LogP contribution in [0.5, 0.6) is 0 Å². The highest BCUT2D eigenvalue weighted by Gasteiger charge is 2.39. The summed E-state index contributed by atoms with van der Waals surface area (Å²) in [6, 6.07) is 8.04. The van der Waals surface area contributed by atoms with Crippen molar-refractivity contribution in [3.05, 3.63) is 59.5 Å². The van der Waals surface area contributed by atoms with Crippen LogP contribution in [0, 0.1) is 17.3 Å². The Bertz CT molecular complexity index is 1170. The lowest BCUT2D eigenvalue weighted by Crippen LogP contribution is -2.57. The summed E-state index contributed by atoms with van der Waals surface area (Å²) in [5.74, 6) is 6.00. The van der Waals surface area contributed by atoms with Crippen molar-refractivity contribution in [1.82, 2.24) is 20.2 Å². The second-order valence-corrected chi connectivity index (χ2v) is 8.42. The fourth-order valence-electron chi connectivity index (χ4n) is 3.47. The number of carbonyl (C=O) groups excluding carboxylic acids is 1. The van der Waals surface area contributed by atoms with Gasteiger partial charge in [0, 0.05) is 63.8 Å². The van der Waals surface area contributed by atoms with Gasteiger partial charge in [-0.15, -0.1) is 17.3 Å². The molecule has 3 aromatic heterocycles. The minimum Gasteiger partial charge on any atom is -0.345 e. The molecule has 0 saturated carbocycles. The molecule has 1 aliphatic rings. The third-order valence-electron chi connectivity index (χ3n) is 5.13. The number of carbonyl (C=O) groups is 1. The topological polar surface area (TPSA) is 82.0 Å². The molecule has 1 amide bonds. The maximum absolute atomic E-state index is 12.5. The third-order valence-corrected chi connectivity index (χ3v) is 6.57. The predicted octanol–water partition coefficient (Wildman–Crippen LogP) is 3.85. The van der Waals surface area contributed by atoms with Crippen LogP contribution in [0.3, 0.4) is 0 Å². The molecule has 0 unspecified atom stereocenters. The number of hydrogen-bond donors (Lipinski definition) is 2. The summed E-state index contributed by atoms with van der Waals surface area (Å²) in [5, 5.41) is 11.4.